The molecule has 0 spiro atoms. The number of fused-ring (bicyclic) bond motifs is 13. The van der Waals surface area contributed by atoms with E-state index in [1.54, 1.807) is 0 Å². The lowest BCUT2D eigenvalue weighted by Gasteiger charge is -2.32. The molecule has 0 saturated heterocycles. The number of anilines is 3. The van der Waals surface area contributed by atoms with Gasteiger partial charge in [-0.05, 0) is 76.8 Å². The summed E-state index contributed by atoms with van der Waals surface area (Å²) in [5.74, 6) is 0. The largest absolute Gasteiger partial charge is 0.469 e. The summed E-state index contributed by atoms with van der Waals surface area (Å²) in [6, 6.07) is 45.3. The highest BCUT2D eigenvalue weighted by Gasteiger charge is 2.50. The first kappa shape index (κ1) is 25.2. The van der Waals surface area contributed by atoms with Gasteiger partial charge in [0.2, 0.25) is 0 Å². The normalized spacial score (nSPS) is 13.3. The summed E-state index contributed by atoms with van der Waals surface area (Å²) in [5, 5.41) is 5.82. The van der Waals surface area contributed by atoms with Crippen molar-refractivity contribution in [3.63, 3.8) is 0 Å². The summed E-state index contributed by atoms with van der Waals surface area (Å²) >= 11 is 1.85. The van der Waals surface area contributed by atoms with Gasteiger partial charge in [-0.2, -0.15) is 0 Å². The number of nitrogens with zero attached hydrogens (tertiary/aromatic N) is 1. The van der Waals surface area contributed by atoms with Gasteiger partial charge in [0.15, 0.2) is 0 Å². The topological polar surface area (TPSA) is 42.7 Å². The number of hydrogen-bond acceptors (Lipinski definition) is 5. The number of para-hydroxylation sites is 3. The molecule has 0 fully saturated rings. The standard InChI is InChI=1S/C42H22BNO3S/c1-5-15-32-25(10-1)31(22-45-32)44-30-21-23(24-14-9-19-36-37(24)28-13-4-8-18-35(28)48-36)20-29-38-26-11-2-6-16-33(26)46-41(38)43(39(29)30)42-40(44)27-12-3-7-17-34(27)47-42/h1-22H. The number of thiophene rings is 1. The van der Waals surface area contributed by atoms with Gasteiger partial charge in [-0.15, -0.1) is 11.3 Å². The fraction of sp³-hybridized carbons (Fsp3) is 0. The van der Waals surface area contributed by atoms with Crippen LogP contribution in [-0.4, -0.2) is 6.71 Å². The lowest BCUT2D eigenvalue weighted by molar-refractivity contribution is 0.616. The summed E-state index contributed by atoms with van der Waals surface area (Å²) in [7, 11) is 0. The molecule has 2 aliphatic heterocycles. The number of rotatable bonds is 2. The lowest BCUT2D eigenvalue weighted by atomic mass is 9.41. The van der Waals surface area contributed by atoms with Crippen molar-refractivity contribution in [2.45, 2.75) is 0 Å². The number of furan rings is 3. The van der Waals surface area contributed by atoms with E-state index in [-0.39, 0.29) is 6.71 Å². The van der Waals surface area contributed by atoms with Crippen LogP contribution in [0.25, 0.3) is 75.3 Å². The molecule has 6 heterocycles. The van der Waals surface area contributed by atoms with Crippen molar-refractivity contribution in [3.8, 4) is 22.3 Å². The van der Waals surface area contributed by atoms with Crippen LogP contribution in [-0.2, 0) is 0 Å². The molecule has 12 rings (SSSR count). The molecule has 0 bridgehead atoms. The number of hydrogen-bond donors (Lipinski definition) is 0. The third kappa shape index (κ3) is 3.06. The molecule has 48 heavy (non-hydrogen) atoms. The van der Waals surface area contributed by atoms with Crippen molar-refractivity contribution in [2.24, 2.45) is 0 Å². The van der Waals surface area contributed by atoms with Crippen molar-refractivity contribution in [1.82, 2.24) is 0 Å². The van der Waals surface area contributed by atoms with Crippen molar-refractivity contribution in [3.05, 3.63) is 134 Å². The van der Waals surface area contributed by atoms with E-state index in [1.165, 1.54) is 42.3 Å². The van der Waals surface area contributed by atoms with Crippen LogP contribution in [0.5, 0.6) is 0 Å². The van der Waals surface area contributed by atoms with Crippen LogP contribution < -0.4 is 21.7 Å². The maximum atomic E-state index is 6.86. The van der Waals surface area contributed by atoms with E-state index in [0.717, 1.165) is 66.9 Å². The van der Waals surface area contributed by atoms with Gasteiger partial charge in [-0.25, -0.2) is 0 Å². The molecule has 4 aromatic heterocycles. The first-order valence-electron chi connectivity index (χ1n) is 16.2. The Bertz CT molecular complexity index is 3000. The van der Waals surface area contributed by atoms with Gasteiger partial charge in [0.25, 0.3) is 0 Å². The smallest absolute Gasteiger partial charge is 0.338 e. The Balaban J connectivity index is 1.26. The van der Waals surface area contributed by atoms with E-state index in [4.69, 9.17) is 13.3 Å². The number of benzene rings is 6. The fourth-order valence-electron chi connectivity index (χ4n) is 8.42. The summed E-state index contributed by atoms with van der Waals surface area (Å²) < 4.78 is 22.5. The Morgan fingerprint density at radius 2 is 1.23 bits per heavy atom. The average molecular weight is 632 g/mol. The third-order valence-electron chi connectivity index (χ3n) is 10.3. The molecule has 222 valence electrons. The van der Waals surface area contributed by atoms with Crippen LogP contribution >= 0.6 is 11.3 Å². The predicted molar refractivity (Wildman–Crippen MR) is 199 cm³/mol. The highest BCUT2D eigenvalue weighted by atomic mass is 32.1. The quantitative estimate of drug-likeness (QED) is 0.178. The average Bonchev–Trinajstić information content (AvgIpc) is 3.94. The van der Waals surface area contributed by atoms with Crippen LogP contribution in [0.15, 0.2) is 147 Å². The molecule has 0 atom stereocenters. The maximum absolute atomic E-state index is 6.86. The van der Waals surface area contributed by atoms with E-state index in [0.29, 0.717) is 0 Å². The highest BCUT2D eigenvalue weighted by Crippen LogP contribution is 2.50. The molecule has 0 saturated carbocycles. The molecular formula is C42H22BNO3S. The zero-order valence-electron chi connectivity index (χ0n) is 25.4. The van der Waals surface area contributed by atoms with Gasteiger partial charge < -0.3 is 18.2 Å². The molecular weight excluding hydrogens is 609 g/mol. The zero-order chi connectivity index (χ0) is 31.1. The minimum Gasteiger partial charge on any atom is -0.469 e. The SMILES string of the molecule is c1ccc2c(N3c4cc(-c5cccc6sc7ccccc7c56)cc5c4B(c4oc6ccccc6c4-5)c4oc5ccccc5c43)coc2c1. The lowest BCUT2D eigenvalue weighted by Crippen LogP contribution is -2.53. The second kappa shape index (κ2) is 8.88. The minimum atomic E-state index is -0.180. The van der Waals surface area contributed by atoms with Crippen LogP contribution in [0.2, 0.25) is 0 Å². The van der Waals surface area contributed by atoms with Crippen LogP contribution in [0.3, 0.4) is 0 Å². The Labute approximate surface area is 278 Å². The Morgan fingerprint density at radius 1 is 0.542 bits per heavy atom. The van der Waals surface area contributed by atoms with Gasteiger partial charge in [0.1, 0.15) is 28.7 Å². The summed E-state index contributed by atoms with van der Waals surface area (Å²) in [4.78, 5) is 2.38. The molecule has 0 unspecified atom stereocenters. The monoisotopic (exact) mass is 631 g/mol. The van der Waals surface area contributed by atoms with E-state index in [1.807, 2.05) is 41.9 Å². The Morgan fingerprint density at radius 3 is 2.10 bits per heavy atom. The summed E-state index contributed by atoms with van der Waals surface area (Å²) in [6.45, 7) is -0.180. The maximum Gasteiger partial charge on any atom is 0.338 e. The van der Waals surface area contributed by atoms with Crippen molar-refractivity contribution >= 4 is 105 Å². The van der Waals surface area contributed by atoms with Crippen LogP contribution in [0.1, 0.15) is 0 Å². The summed E-state index contributed by atoms with van der Waals surface area (Å²) in [5.41, 5.74) is 13.5. The Hall–Kier alpha value is -5.98. The molecule has 2 aliphatic rings. The van der Waals surface area contributed by atoms with Crippen molar-refractivity contribution in [2.75, 3.05) is 4.90 Å². The van der Waals surface area contributed by atoms with E-state index < -0.39 is 0 Å². The van der Waals surface area contributed by atoms with Gasteiger partial charge in [-0.3, -0.25) is 0 Å². The molecule has 10 aromatic rings. The molecule has 0 aliphatic carbocycles. The second-order valence-electron chi connectivity index (χ2n) is 12.8. The first-order valence-corrected chi connectivity index (χ1v) is 17.0. The van der Waals surface area contributed by atoms with Crippen LogP contribution in [0.4, 0.5) is 17.1 Å². The third-order valence-corrected chi connectivity index (χ3v) is 11.5. The van der Waals surface area contributed by atoms with Gasteiger partial charge in [-0.1, -0.05) is 72.8 Å². The highest BCUT2D eigenvalue weighted by molar-refractivity contribution is 7.26. The second-order valence-corrected chi connectivity index (χ2v) is 13.9. The first-order chi connectivity index (χ1) is 23.8. The zero-order valence-corrected chi connectivity index (χ0v) is 26.2. The van der Waals surface area contributed by atoms with Gasteiger partial charge in [0.05, 0.1) is 17.0 Å². The van der Waals surface area contributed by atoms with Crippen LogP contribution in [0, 0.1) is 0 Å². The molecule has 0 radical (unpaired) electrons. The molecule has 6 aromatic carbocycles. The van der Waals surface area contributed by atoms with Gasteiger partial charge >= 0.3 is 6.71 Å². The molecule has 4 nitrogen and oxygen atoms in total. The van der Waals surface area contributed by atoms with E-state index in [2.05, 4.69) is 108 Å². The van der Waals surface area contributed by atoms with E-state index in [9.17, 15) is 0 Å². The summed E-state index contributed by atoms with van der Waals surface area (Å²) in [6.07, 6.45) is 1.89. The van der Waals surface area contributed by atoms with Crippen molar-refractivity contribution in [1.29, 1.82) is 0 Å². The fourth-order valence-corrected chi connectivity index (χ4v) is 9.55. The minimum absolute atomic E-state index is 0.180. The van der Waals surface area contributed by atoms with Crippen molar-refractivity contribution < 1.29 is 13.3 Å². The van der Waals surface area contributed by atoms with Gasteiger partial charge in [0, 0.05) is 47.6 Å². The molecule has 0 amide bonds. The predicted octanol–water partition coefficient (Wildman–Crippen LogP) is 10.2. The Kier molecular flexibility index (Phi) is 4.65. The molecule has 0 N–H and O–H groups in total. The molecule has 6 heteroatoms. The van der Waals surface area contributed by atoms with E-state index >= 15 is 0 Å².